The second-order valence-electron chi connectivity index (χ2n) is 5.35. The van der Waals surface area contributed by atoms with Gasteiger partial charge in [-0.15, -0.1) is 11.3 Å². The summed E-state index contributed by atoms with van der Waals surface area (Å²) in [6.07, 6.45) is 2.03. The van der Waals surface area contributed by atoms with E-state index in [9.17, 15) is 8.42 Å². The van der Waals surface area contributed by atoms with E-state index in [2.05, 4.69) is 26.1 Å². The molecule has 1 N–H and O–H groups in total. The second kappa shape index (κ2) is 8.88. The maximum Gasteiger partial charge on any atom is 0.244 e. The lowest BCUT2D eigenvalue weighted by Gasteiger charge is -2.23. The highest BCUT2D eigenvalue weighted by Gasteiger charge is 2.27. The van der Waals surface area contributed by atoms with Crippen LogP contribution in [-0.4, -0.2) is 32.4 Å². The molecular formula is C15H28N2O2S2. The van der Waals surface area contributed by atoms with Gasteiger partial charge >= 0.3 is 0 Å². The van der Waals surface area contributed by atoms with Gasteiger partial charge in [-0.05, 0) is 30.3 Å². The van der Waals surface area contributed by atoms with E-state index in [-0.39, 0.29) is 0 Å². The maximum absolute atomic E-state index is 12.8. The first-order valence-corrected chi connectivity index (χ1v) is 10.1. The van der Waals surface area contributed by atoms with Gasteiger partial charge in [-0.1, -0.05) is 34.1 Å². The molecule has 1 atom stereocenters. The van der Waals surface area contributed by atoms with E-state index in [4.69, 9.17) is 0 Å². The van der Waals surface area contributed by atoms with Gasteiger partial charge in [0, 0.05) is 24.5 Å². The molecule has 1 aromatic rings. The average molecular weight is 333 g/mol. The molecule has 0 saturated heterocycles. The first kappa shape index (κ1) is 18.6. The highest BCUT2D eigenvalue weighted by atomic mass is 32.2. The summed E-state index contributed by atoms with van der Waals surface area (Å²) in [5.41, 5.74) is 0. The maximum atomic E-state index is 12.8. The Hall–Kier alpha value is -0.430. The first-order valence-electron chi connectivity index (χ1n) is 7.74. The zero-order valence-corrected chi connectivity index (χ0v) is 15.2. The molecule has 0 saturated carbocycles. The Morgan fingerprint density at radius 3 is 2.62 bits per heavy atom. The fraction of sp³-hybridized carbons (Fsp3) is 0.733. The molecule has 0 radical (unpaired) electrons. The second-order valence-corrected chi connectivity index (χ2v) is 8.26. The molecular weight excluding hydrogens is 304 g/mol. The summed E-state index contributed by atoms with van der Waals surface area (Å²) in [4.78, 5) is 1.38. The zero-order chi connectivity index (χ0) is 15.9. The molecule has 0 amide bonds. The monoisotopic (exact) mass is 332 g/mol. The normalized spacial score (nSPS) is 13.8. The minimum atomic E-state index is -3.38. The summed E-state index contributed by atoms with van der Waals surface area (Å²) in [7, 11) is -3.38. The zero-order valence-electron chi connectivity index (χ0n) is 13.6. The molecule has 6 heteroatoms. The molecule has 1 rings (SSSR count). The van der Waals surface area contributed by atoms with Crippen molar-refractivity contribution in [3.8, 4) is 0 Å². The van der Waals surface area contributed by atoms with Gasteiger partial charge in [-0.25, -0.2) is 8.42 Å². The van der Waals surface area contributed by atoms with Gasteiger partial charge < -0.3 is 5.32 Å². The van der Waals surface area contributed by atoms with Crippen molar-refractivity contribution in [3.63, 3.8) is 0 Å². The van der Waals surface area contributed by atoms with Gasteiger partial charge in [0.2, 0.25) is 10.0 Å². The van der Waals surface area contributed by atoms with Gasteiger partial charge in [0.25, 0.3) is 0 Å². The van der Waals surface area contributed by atoms with Crippen LogP contribution in [0.3, 0.4) is 0 Å². The Balaban J connectivity index is 2.92. The van der Waals surface area contributed by atoms with Gasteiger partial charge in [-0.2, -0.15) is 4.31 Å². The molecule has 0 fully saturated rings. The first-order chi connectivity index (χ1) is 9.97. The van der Waals surface area contributed by atoms with Crippen LogP contribution < -0.4 is 5.32 Å². The molecule has 0 spiro atoms. The molecule has 0 aliphatic heterocycles. The van der Waals surface area contributed by atoms with E-state index in [1.807, 2.05) is 12.3 Å². The largest absolute Gasteiger partial charge is 0.312 e. The number of hydrogen-bond acceptors (Lipinski definition) is 4. The van der Waals surface area contributed by atoms with E-state index in [0.717, 1.165) is 24.3 Å². The Labute approximate surface area is 133 Å². The van der Waals surface area contributed by atoms with Crippen molar-refractivity contribution in [2.75, 3.05) is 19.6 Å². The summed E-state index contributed by atoms with van der Waals surface area (Å²) >= 11 is 1.51. The van der Waals surface area contributed by atoms with Crippen LogP contribution >= 0.6 is 11.3 Å². The molecule has 122 valence electrons. The summed E-state index contributed by atoms with van der Waals surface area (Å²) in [6.45, 7) is 10.8. The molecule has 0 bridgehead atoms. The van der Waals surface area contributed by atoms with Crippen LogP contribution in [0.25, 0.3) is 0 Å². The lowest BCUT2D eigenvalue weighted by atomic mass is 10.1. The van der Waals surface area contributed by atoms with Gasteiger partial charge in [-0.3, -0.25) is 0 Å². The van der Waals surface area contributed by atoms with Crippen molar-refractivity contribution in [1.29, 1.82) is 0 Å². The van der Waals surface area contributed by atoms with Crippen LogP contribution in [0, 0.1) is 5.92 Å². The fourth-order valence-electron chi connectivity index (χ4n) is 2.08. The number of hydrogen-bond donors (Lipinski definition) is 1. The van der Waals surface area contributed by atoms with Crippen molar-refractivity contribution >= 4 is 21.4 Å². The van der Waals surface area contributed by atoms with Crippen LogP contribution in [0.5, 0.6) is 0 Å². The highest BCUT2D eigenvalue weighted by molar-refractivity contribution is 7.89. The van der Waals surface area contributed by atoms with Crippen LogP contribution in [-0.2, 0) is 16.6 Å². The Morgan fingerprint density at radius 2 is 2.05 bits per heavy atom. The van der Waals surface area contributed by atoms with Crippen LogP contribution in [0.15, 0.2) is 16.3 Å². The lowest BCUT2D eigenvalue weighted by Crippen LogP contribution is -2.35. The van der Waals surface area contributed by atoms with Crippen LogP contribution in [0.1, 0.15) is 45.4 Å². The third kappa shape index (κ3) is 5.06. The summed E-state index contributed by atoms with van der Waals surface area (Å²) < 4.78 is 27.3. The number of nitrogens with one attached hydrogen (secondary N) is 1. The van der Waals surface area contributed by atoms with Gasteiger partial charge in [0.15, 0.2) is 0 Å². The smallest absolute Gasteiger partial charge is 0.244 e. The standard InChI is InChI=1S/C15H28N2O2S2/c1-5-9-16-11-14-15(8-10-20-14)21(18,19)17(7-3)12-13(4)6-2/h8,10,13,16H,5-7,9,11-12H2,1-4H3. The quantitative estimate of drug-likeness (QED) is 0.669. The fourth-order valence-corrected chi connectivity index (χ4v) is 5.03. The third-order valence-electron chi connectivity index (χ3n) is 3.60. The molecule has 0 aliphatic rings. The SMILES string of the molecule is CCCNCc1sccc1S(=O)(=O)N(CC)CC(C)CC. The van der Waals surface area contributed by atoms with E-state index in [1.54, 1.807) is 10.4 Å². The molecule has 21 heavy (non-hydrogen) atoms. The Morgan fingerprint density at radius 1 is 1.33 bits per heavy atom. The van der Waals surface area contributed by atoms with Crippen LogP contribution in [0.2, 0.25) is 0 Å². The topological polar surface area (TPSA) is 49.4 Å². The number of nitrogens with zero attached hydrogens (tertiary/aromatic N) is 1. The summed E-state index contributed by atoms with van der Waals surface area (Å²) in [6, 6.07) is 1.74. The van der Waals surface area contributed by atoms with E-state index < -0.39 is 10.0 Å². The molecule has 0 aromatic carbocycles. The highest BCUT2D eigenvalue weighted by Crippen LogP contribution is 2.26. The van der Waals surface area contributed by atoms with Crippen molar-refractivity contribution < 1.29 is 8.42 Å². The Kier molecular flexibility index (Phi) is 7.87. The minimum absolute atomic E-state index is 0.375. The lowest BCUT2D eigenvalue weighted by molar-refractivity contribution is 0.361. The molecule has 1 aromatic heterocycles. The summed E-state index contributed by atoms with van der Waals surface area (Å²) in [5.74, 6) is 0.375. The minimum Gasteiger partial charge on any atom is -0.312 e. The molecule has 4 nitrogen and oxygen atoms in total. The third-order valence-corrected chi connectivity index (χ3v) is 6.68. The van der Waals surface area contributed by atoms with E-state index >= 15 is 0 Å². The van der Waals surface area contributed by atoms with Crippen molar-refractivity contribution in [2.45, 2.75) is 52.0 Å². The van der Waals surface area contributed by atoms with E-state index in [1.165, 1.54) is 11.3 Å². The van der Waals surface area contributed by atoms with Crippen molar-refractivity contribution in [2.24, 2.45) is 5.92 Å². The number of rotatable bonds is 10. The van der Waals surface area contributed by atoms with Crippen molar-refractivity contribution in [3.05, 3.63) is 16.3 Å². The van der Waals surface area contributed by atoms with Gasteiger partial charge in [0.1, 0.15) is 0 Å². The number of sulfonamides is 1. The van der Waals surface area contributed by atoms with Crippen molar-refractivity contribution in [1.82, 2.24) is 9.62 Å². The Bertz CT molecular complexity index is 511. The number of thiophene rings is 1. The summed E-state index contributed by atoms with van der Waals surface area (Å²) in [5, 5.41) is 5.15. The average Bonchev–Trinajstić information content (AvgIpc) is 2.93. The molecule has 1 heterocycles. The van der Waals surface area contributed by atoms with Gasteiger partial charge in [0.05, 0.1) is 4.90 Å². The predicted octanol–water partition coefficient (Wildman–Crippen LogP) is 3.30. The van der Waals surface area contributed by atoms with E-state index in [0.29, 0.717) is 30.4 Å². The molecule has 0 aliphatic carbocycles. The molecule has 1 unspecified atom stereocenters. The predicted molar refractivity (Wildman–Crippen MR) is 90.2 cm³/mol. The van der Waals surface area contributed by atoms with Crippen LogP contribution in [0.4, 0.5) is 0 Å².